The summed E-state index contributed by atoms with van der Waals surface area (Å²) < 4.78 is 18.7. The number of hydrogen-bond acceptors (Lipinski definition) is 3. The SMILES string of the molecule is COC1(Cc2cncc(F)c2)CCNCC1. The maximum Gasteiger partial charge on any atom is 0.141 e. The van der Waals surface area contributed by atoms with Crippen LogP contribution in [0.25, 0.3) is 0 Å². The summed E-state index contributed by atoms with van der Waals surface area (Å²) >= 11 is 0. The van der Waals surface area contributed by atoms with E-state index in [9.17, 15) is 4.39 Å². The molecule has 1 aromatic rings. The fraction of sp³-hybridized carbons (Fsp3) is 0.583. The molecule has 0 spiro atoms. The molecule has 0 unspecified atom stereocenters. The smallest absolute Gasteiger partial charge is 0.141 e. The number of ether oxygens (including phenoxy) is 1. The van der Waals surface area contributed by atoms with Gasteiger partial charge >= 0.3 is 0 Å². The van der Waals surface area contributed by atoms with Crippen LogP contribution in [0.3, 0.4) is 0 Å². The Bertz CT molecular complexity index is 351. The zero-order chi connectivity index (χ0) is 11.4. The van der Waals surface area contributed by atoms with Gasteiger partial charge in [-0.25, -0.2) is 4.39 Å². The van der Waals surface area contributed by atoms with E-state index < -0.39 is 0 Å². The van der Waals surface area contributed by atoms with E-state index in [-0.39, 0.29) is 11.4 Å². The summed E-state index contributed by atoms with van der Waals surface area (Å²) in [5.41, 5.74) is 0.754. The van der Waals surface area contributed by atoms with Crippen molar-refractivity contribution in [2.75, 3.05) is 20.2 Å². The van der Waals surface area contributed by atoms with E-state index in [1.165, 1.54) is 12.3 Å². The fourth-order valence-electron chi connectivity index (χ4n) is 2.26. The molecule has 1 aliphatic heterocycles. The second-order valence-electron chi connectivity index (χ2n) is 4.33. The minimum absolute atomic E-state index is 0.152. The van der Waals surface area contributed by atoms with Gasteiger partial charge in [-0.3, -0.25) is 4.98 Å². The van der Waals surface area contributed by atoms with Crippen molar-refractivity contribution in [3.05, 3.63) is 29.8 Å². The van der Waals surface area contributed by atoms with Gasteiger partial charge in [0.15, 0.2) is 0 Å². The Morgan fingerprint density at radius 1 is 1.44 bits per heavy atom. The van der Waals surface area contributed by atoms with Crippen LogP contribution in [0.4, 0.5) is 4.39 Å². The van der Waals surface area contributed by atoms with Gasteiger partial charge in [-0.1, -0.05) is 0 Å². The second kappa shape index (κ2) is 4.89. The van der Waals surface area contributed by atoms with Gasteiger partial charge < -0.3 is 10.1 Å². The first-order valence-electron chi connectivity index (χ1n) is 5.59. The lowest BCUT2D eigenvalue weighted by molar-refractivity contribution is -0.0334. The van der Waals surface area contributed by atoms with Crippen LogP contribution in [-0.4, -0.2) is 30.8 Å². The first-order valence-corrected chi connectivity index (χ1v) is 5.59. The highest BCUT2D eigenvalue weighted by atomic mass is 19.1. The summed E-state index contributed by atoms with van der Waals surface area (Å²) in [6.45, 7) is 1.91. The maximum absolute atomic E-state index is 13.0. The third-order valence-electron chi connectivity index (χ3n) is 3.24. The van der Waals surface area contributed by atoms with Crippen LogP contribution < -0.4 is 5.32 Å². The third kappa shape index (κ3) is 2.57. The second-order valence-corrected chi connectivity index (χ2v) is 4.33. The number of methoxy groups -OCH3 is 1. The average molecular weight is 224 g/mol. The summed E-state index contributed by atoms with van der Waals surface area (Å²) in [4.78, 5) is 3.87. The number of pyridine rings is 1. The molecule has 3 nitrogen and oxygen atoms in total. The van der Waals surface area contributed by atoms with Gasteiger partial charge in [0, 0.05) is 19.7 Å². The molecule has 0 saturated carbocycles. The highest BCUT2D eigenvalue weighted by Crippen LogP contribution is 2.26. The van der Waals surface area contributed by atoms with Gasteiger partial charge in [0.2, 0.25) is 0 Å². The number of hydrogen-bond donors (Lipinski definition) is 1. The summed E-state index contributed by atoms with van der Waals surface area (Å²) in [5, 5.41) is 3.30. The van der Waals surface area contributed by atoms with Crippen LogP contribution in [0.5, 0.6) is 0 Å². The number of rotatable bonds is 3. The zero-order valence-electron chi connectivity index (χ0n) is 9.50. The molecular weight excluding hydrogens is 207 g/mol. The lowest BCUT2D eigenvalue weighted by Crippen LogP contribution is -2.45. The summed E-state index contributed by atoms with van der Waals surface area (Å²) in [5.74, 6) is -0.280. The number of nitrogens with zero attached hydrogens (tertiary/aromatic N) is 1. The molecule has 1 fully saturated rings. The Kier molecular flexibility index (Phi) is 3.51. The Morgan fingerprint density at radius 2 is 2.19 bits per heavy atom. The highest BCUT2D eigenvalue weighted by molar-refractivity contribution is 5.14. The van der Waals surface area contributed by atoms with E-state index in [1.54, 1.807) is 13.3 Å². The minimum Gasteiger partial charge on any atom is -0.378 e. The lowest BCUT2D eigenvalue weighted by Gasteiger charge is -2.36. The third-order valence-corrected chi connectivity index (χ3v) is 3.24. The molecule has 16 heavy (non-hydrogen) atoms. The predicted octanol–water partition coefficient (Wildman–Crippen LogP) is 1.53. The Balaban J connectivity index is 2.11. The maximum atomic E-state index is 13.0. The molecule has 0 aliphatic carbocycles. The van der Waals surface area contributed by atoms with Crippen LogP contribution in [0, 0.1) is 5.82 Å². The van der Waals surface area contributed by atoms with Crippen molar-refractivity contribution in [2.45, 2.75) is 24.9 Å². The van der Waals surface area contributed by atoms with E-state index in [1.807, 2.05) is 0 Å². The van der Waals surface area contributed by atoms with Crippen LogP contribution in [0.2, 0.25) is 0 Å². The fourth-order valence-corrected chi connectivity index (χ4v) is 2.26. The highest BCUT2D eigenvalue weighted by Gasteiger charge is 2.32. The van der Waals surface area contributed by atoms with Crippen LogP contribution in [0.15, 0.2) is 18.5 Å². The summed E-state index contributed by atoms with van der Waals surface area (Å²) in [6.07, 6.45) is 5.59. The molecule has 1 saturated heterocycles. The number of piperidine rings is 1. The molecule has 1 aromatic heterocycles. The molecule has 0 radical (unpaired) electrons. The molecule has 88 valence electrons. The lowest BCUT2D eigenvalue weighted by atomic mass is 9.86. The first-order chi connectivity index (χ1) is 7.74. The van der Waals surface area contributed by atoms with Gasteiger partial charge in [-0.05, 0) is 37.6 Å². The molecule has 0 amide bonds. The van der Waals surface area contributed by atoms with E-state index in [2.05, 4.69) is 10.3 Å². The normalized spacial score (nSPS) is 19.6. The van der Waals surface area contributed by atoms with Crippen molar-refractivity contribution in [1.29, 1.82) is 0 Å². The van der Waals surface area contributed by atoms with Gasteiger partial charge in [-0.15, -0.1) is 0 Å². The first kappa shape index (κ1) is 11.5. The average Bonchev–Trinajstić information content (AvgIpc) is 2.30. The summed E-state index contributed by atoms with van der Waals surface area (Å²) in [6, 6.07) is 1.54. The van der Waals surface area contributed by atoms with Crippen LogP contribution in [0.1, 0.15) is 18.4 Å². The number of aromatic nitrogens is 1. The quantitative estimate of drug-likeness (QED) is 0.845. The van der Waals surface area contributed by atoms with Crippen molar-refractivity contribution in [2.24, 2.45) is 0 Å². The molecule has 1 aliphatic rings. The van der Waals surface area contributed by atoms with E-state index in [4.69, 9.17) is 4.74 Å². The molecule has 0 aromatic carbocycles. The standard InChI is InChI=1S/C12H17FN2O/c1-16-12(2-4-14-5-3-12)7-10-6-11(13)9-15-8-10/h6,8-9,14H,2-5,7H2,1H3. The molecular formula is C12H17FN2O. The van der Waals surface area contributed by atoms with Crippen molar-refractivity contribution in [3.8, 4) is 0 Å². The Morgan fingerprint density at radius 3 is 2.81 bits per heavy atom. The van der Waals surface area contributed by atoms with Crippen LogP contribution >= 0.6 is 0 Å². The largest absolute Gasteiger partial charge is 0.378 e. The Labute approximate surface area is 95.0 Å². The van der Waals surface area contributed by atoms with Gasteiger partial charge in [0.05, 0.1) is 11.8 Å². The van der Waals surface area contributed by atoms with Gasteiger partial charge in [0.1, 0.15) is 5.82 Å². The van der Waals surface area contributed by atoms with Crippen molar-refractivity contribution < 1.29 is 9.13 Å². The molecule has 0 bridgehead atoms. The molecule has 1 N–H and O–H groups in total. The Hall–Kier alpha value is -1.00. The molecule has 0 atom stereocenters. The topological polar surface area (TPSA) is 34.1 Å². The zero-order valence-corrected chi connectivity index (χ0v) is 9.50. The monoisotopic (exact) mass is 224 g/mol. The molecule has 4 heteroatoms. The van der Waals surface area contributed by atoms with E-state index in [0.29, 0.717) is 0 Å². The predicted molar refractivity (Wildman–Crippen MR) is 59.7 cm³/mol. The van der Waals surface area contributed by atoms with Gasteiger partial charge in [0.25, 0.3) is 0 Å². The van der Waals surface area contributed by atoms with Crippen molar-refractivity contribution in [1.82, 2.24) is 10.3 Å². The van der Waals surface area contributed by atoms with Crippen molar-refractivity contribution >= 4 is 0 Å². The van der Waals surface area contributed by atoms with Crippen molar-refractivity contribution in [3.63, 3.8) is 0 Å². The van der Waals surface area contributed by atoms with Gasteiger partial charge in [-0.2, -0.15) is 0 Å². The van der Waals surface area contributed by atoms with E-state index in [0.717, 1.165) is 37.9 Å². The summed E-state index contributed by atoms with van der Waals surface area (Å²) in [7, 11) is 1.73. The van der Waals surface area contributed by atoms with Crippen LogP contribution in [-0.2, 0) is 11.2 Å². The molecule has 2 rings (SSSR count). The van der Waals surface area contributed by atoms with E-state index >= 15 is 0 Å². The number of nitrogens with one attached hydrogen (secondary N) is 1. The molecule has 2 heterocycles. The number of halogens is 1. The minimum atomic E-state index is -0.280.